The molecule has 0 saturated carbocycles. The number of H-pyrrole nitrogens is 1. The Bertz CT molecular complexity index is 1410. The molecule has 1 amide bonds. The van der Waals surface area contributed by atoms with Crippen LogP contribution in [0.3, 0.4) is 0 Å². The van der Waals surface area contributed by atoms with Gasteiger partial charge >= 0.3 is 17.2 Å². The number of ether oxygens (including phenoxy) is 1. The zero-order valence-electron chi connectivity index (χ0n) is 19.2. The minimum Gasteiger partial charge on any atom is -0.426 e. The first-order chi connectivity index (χ1) is 16.7. The molecule has 1 N–H and O–H groups in total. The number of carbonyl (C=O) groups is 2. The highest BCUT2D eigenvalue weighted by molar-refractivity contribution is 7.99. The highest BCUT2D eigenvalue weighted by Crippen LogP contribution is 2.40. The van der Waals surface area contributed by atoms with Gasteiger partial charge in [0.1, 0.15) is 5.75 Å². The number of hydrogen-bond donors (Lipinski definition) is 1. The number of benzene rings is 2. The van der Waals surface area contributed by atoms with Crippen molar-refractivity contribution >= 4 is 35.0 Å². The summed E-state index contributed by atoms with van der Waals surface area (Å²) in [5.74, 6) is -0.336. The van der Waals surface area contributed by atoms with E-state index in [0.717, 1.165) is 6.42 Å². The van der Waals surface area contributed by atoms with Crippen LogP contribution < -0.4 is 19.9 Å². The molecule has 1 atom stereocenters. The molecule has 0 fully saturated rings. The molecule has 0 bridgehead atoms. The molecule has 0 aliphatic carbocycles. The number of carbonyl (C=O) groups excluding carboxylic acids is 2. The zero-order chi connectivity index (χ0) is 25.3. The summed E-state index contributed by atoms with van der Waals surface area (Å²) in [6.45, 7) is 4.54. The third-order valence-corrected chi connectivity index (χ3v) is 6.35. The fraction of sp³-hybridized carbons (Fsp3) is 0.261. The molecule has 2 heterocycles. The fourth-order valence-electron chi connectivity index (χ4n) is 3.96. The molecule has 4 rings (SSSR count). The summed E-state index contributed by atoms with van der Waals surface area (Å²) >= 11 is 1.33. The molecule has 0 radical (unpaired) electrons. The van der Waals surface area contributed by atoms with Crippen molar-refractivity contribution in [3.8, 4) is 17.0 Å². The van der Waals surface area contributed by atoms with Gasteiger partial charge in [0.15, 0.2) is 0 Å². The fourth-order valence-corrected chi connectivity index (χ4v) is 4.66. The van der Waals surface area contributed by atoms with Crippen molar-refractivity contribution in [1.82, 2.24) is 10.1 Å². The molecular weight excluding hydrogens is 474 g/mol. The van der Waals surface area contributed by atoms with Gasteiger partial charge < -0.3 is 4.74 Å². The highest BCUT2D eigenvalue weighted by Gasteiger charge is 2.46. The standard InChI is InChI=1S/C23H21N5O6S/c1-4-11-35-23-24-21(31)20-16-7-5-6-8-18(16)26(13(2)29)22(27(20)25-23)17-12-15(28(32)33)9-10-19(17)34-14(3)30/h5-10,12,22H,4,11H2,1-3H3/p+1/t22-/m0/s1. The van der Waals surface area contributed by atoms with Crippen molar-refractivity contribution in [3.63, 3.8) is 0 Å². The molecule has 11 nitrogen and oxygen atoms in total. The van der Waals surface area contributed by atoms with E-state index in [1.165, 1.54) is 53.4 Å². The van der Waals surface area contributed by atoms with Crippen LogP contribution in [-0.4, -0.2) is 32.6 Å². The monoisotopic (exact) mass is 496 g/mol. The maximum Gasteiger partial charge on any atom is 0.325 e. The summed E-state index contributed by atoms with van der Waals surface area (Å²) in [5, 5.41) is 16.5. The Balaban J connectivity index is 2.09. The number of esters is 1. The number of nitrogens with one attached hydrogen (secondary N) is 1. The lowest BCUT2D eigenvalue weighted by molar-refractivity contribution is -0.763. The van der Waals surface area contributed by atoms with Gasteiger partial charge in [-0.15, -0.1) is 0 Å². The van der Waals surface area contributed by atoms with Gasteiger partial charge in [-0.25, -0.2) is 4.90 Å². The van der Waals surface area contributed by atoms with Crippen molar-refractivity contribution in [2.24, 2.45) is 0 Å². The SMILES string of the molecule is CCCSc1n[n+]2c(c(=O)[nH]1)-c1ccccc1N(C(C)=O)[C@@H]2c1cc([N+](=O)[O-])ccc1OC(C)=O. The molecular formula is C23H22N5O6S+. The van der Waals surface area contributed by atoms with Gasteiger partial charge in [-0.2, -0.15) is 0 Å². The molecule has 1 aromatic heterocycles. The molecule has 2 aromatic carbocycles. The van der Waals surface area contributed by atoms with Crippen LogP contribution in [-0.2, 0) is 9.59 Å². The van der Waals surface area contributed by atoms with Crippen LogP contribution in [0.15, 0.2) is 52.4 Å². The maximum absolute atomic E-state index is 13.3. The third kappa shape index (κ3) is 4.52. The lowest BCUT2D eigenvalue weighted by atomic mass is 10.0. The van der Waals surface area contributed by atoms with E-state index in [9.17, 15) is 24.5 Å². The summed E-state index contributed by atoms with van der Waals surface area (Å²) in [5.41, 5.74) is 0.495. The number of anilines is 1. The average Bonchev–Trinajstić information content (AvgIpc) is 2.81. The Labute approximate surface area is 203 Å². The summed E-state index contributed by atoms with van der Waals surface area (Å²) in [4.78, 5) is 53.3. The number of aromatic nitrogens is 3. The number of nitro groups is 1. The quantitative estimate of drug-likeness (QED) is 0.137. The van der Waals surface area contributed by atoms with Crippen molar-refractivity contribution in [1.29, 1.82) is 0 Å². The van der Waals surface area contributed by atoms with Crippen LogP contribution in [0.2, 0.25) is 0 Å². The molecule has 1 aliphatic rings. The molecule has 3 aromatic rings. The highest BCUT2D eigenvalue weighted by atomic mass is 32.2. The Hall–Kier alpha value is -4.06. The number of aromatic amines is 1. The van der Waals surface area contributed by atoms with Gasteiger partial charge in [-0.1, -0.05) is 30.8 Å². The van der Waals surface area contributed by atoms with Crippen LogP contribution >= 0.6 is 11.8 Å². The summed E-state index contributed by atoms with van der Waals surface area (Å²) < 4.78 is 6.73. The van der Waals surface area contributed by atoms with E-state index in [1.807, 2.05) is 6.92 Å². The normalized spacial score (nSPS) is 14.1. The van der Waals surface area contributed by atoms with E-state index in [0.29, 0.717) is 22.2 Å². The van der Waals surface area contributed by atoms with Crippen LogP contribution in [0.1, 0.15) is 38.9 Å². The van der Waals surface area contributed by atoms with Gasteiger partial charge in [0, 0.05) is 36.8 Å². The minimum absolute atomic E-state index is 0.0158. The lowest BCUT2D eigenvalue weighted by Gasteiger charge is -2.31. The lowest BCUT2D eigenvalue weighted by Crippen LogP contribution is -2.60. The molecule has 0 unspecified atom stereocenters. The van der Waals surface area contributed by atoms with Crippen LogP contribution in [0, 0.1) is 10.1 Å². The van der Waals surface area contributed by atoms with E-state index >= 15 is 0 Å². The number of thioether (sulfide) groups is 1. The Morgan fingerprint density at radius 1 is 1.26 bits per heavy atom. The number of para-hydroxylation sites is 1. The van der Waals surface area contributed by atoms with Crippen molar-refractivity contribution in [2.45, 2.75) is 38.5 Å². The van der Waals surface area contributed by atoms with Crippen LogP contribution in [0.4, 0.5) is 11.4 Å². The molecule has 0 spiro atoms. The predicted molar refractivity (Wildman–Crippen MR) is 127 cm³/mol. The van der Waals surface area contributed by atoms with Crippen LogP contribution in [0.25, 0.3) is 11.3 Å². The third-order valence-electron chi connectivity index (χ3n) is 5.28. The van der Waals surface area contributed by atoms with E-state index in [2.05, 4.69) is 10.1 Å². The molecule has 35 heavy (non-hydrogen) atoms. The van der Waals surface area contributed by atoms with Crippen molar-refractivity contribution < 1.29 is 23.9 Å². The first-order valence-electron chi connectivity index (χ1n) is 10.8. The van der Waals surface area contributed by atoms with Gasteiger partial charge in [0.25, 0.3) is 11.9 Å². The second-order valence-corrected chi connectivity index (χ2v) is 8.84. The van der Waals surface area contributed by atoms with Gasteiger partial charge in [0.2, 0.25) is 11.1 Å². The average molecular weight is 497 g/mol. The number of hydrogen-bond acceptors (Lipinski definition) is 8. The first-order valence-corrected chi connectivity index (χ1v) is 11.8. The summed E-state index contributed by atoms with van der Waals surface area (Å²) in [7, 11) is 0. The smallest absolute Gasteiger partial charge is 0.325 e. The number of non-ortho nitro benzene ring substituents is 1. The van der Waals surface area contributed by atoms with Crippen molar-refractivity contribution in [2.75, 3.05) is 10.7 Å². The molecule has 0 saturated heterocycles. The minimum atomic E-state index is -1.13. The number of nitro benzene ring substituents is 1. The topological polar surface area (TPSA) is 139 Å². The van der Waals surface area contributed by atoms with Gasteiger partial charge in [0.05, 0.1) is 21.7 Å². The Morgan fingerprint density at radius 2 is 2.00 bits per heavy atom. The number of nitrogens with zero attached hydrogens (tertiary/aromatic N) is 4. The first kappa shape index (κ1) is 24.1. The second-order valence-electron chi connectivity index (χ2n) is 7.75. The van der Waals surface area contributed by atoms with E-state index in [-0.39, 0.29) is 22.7 Å². The number of rotatable bonds is 6. The molecule has 1 aliphatic heterocycles. The van der Waals surface area contributed by atoms with Crippen molar-refractivity contribution in [3.05, 3.63) is 68.5 Å². The largest absolute Gasteiger partial charge is 0.426 e. The summed E-state index contributed by atoms with van der Waals surface area (Å²) in [6.07, 6.45) is -0.293. The number of amides is 1. The van der Waals surface area contributed by atoms with Crippen LogP contribution in [0.5, 0.6) is 5.75 Å². The summed E-state index contributed by atoms with van der Waals surface area (Å²) in [6, 6.07) is 10.6. The molecule has 12 heteroatoms. The number of fused-ring (bicyclic) bond motifs is 3. The molecule has 180 valence electrons. The zero-order valence-corrected chi connectivity index (χ0v) is 20.0. The van der Waals surface area contributed by atoms with E-state index in [4.69, 9.17) is 4.74 Å². The van der Waals surface area contributed by atoms with Gasteiger partial charge in [-0.05, 0) is 29.3 Å². The van der Waals surface area contributed by atoms with E-state index < -0.39 is 28.5 Å². The Morgan fingerprint density at radius 3 is 2.66 bits per heavy atom. The van der Waals surface area contributed by atoms with E-state index in [1.54, 1.807) is 24.3 Å². The Kier molecular flexibility index (Phi) is 6.65. The predicted octanol–water partition coefficient (Wildman–Crippen LogP) is 2.97. The van der Waals surface area contributed by atoms with Gasteiger partial charge in [-0.3, -0.25) is 29.5 Å². The second kappa shape index (κ2) is 9.66. The maximum atomic E-state index is 13.3.